The first-order chi connectivity index (χ1) is 12.6. The van der Waals surface area contributed by atoms with E-state index in [-0.39, 0.29) is 17.3 Å². The summed E-state index contributed by atoms with van der Waals surface area (Å²) < 4.78 is 2.10. The Morgan fingerprint density at radius 1 is 1.12 bits per heavy atom. The van der Waals surface area contributed by atoms with Crippen molar-refractivity contribution in [1.29, 1.82) is 0 Å². The molecule has 0 spiro atoms. The van der Waals surface area contributed by atoms with Crippen molar-refractivity contribution in [2.75, 3.05) is 5.32 Å². The molecule has 0 aliphatic heterocycles. The number of para-hydroxylation sites is 1. The van der Waals surface area contributed by atoms with Crippen LogP contribution in [-0.4, -0.2) is 34.9 Å². The van der Waals surface area contributed by atoms with Gasteiger partial charge < -0.3 is 5.32 Å². The summed E-state index contributed by atoms with van der Waals surface area (Å²) in [5.74, 6) is 0.428. The van der Waals surface area contributed by atoms with Gasteiger partial charge in [-0.3, -0.25) is 10.1 Å². The zero-order valence-electron chi connectivity index (χ0n) is 12.9. The summed E-state index contributed by atoms with van der Waals surface area (Å²) in [5, 5.41) is 22.6. The third-order valence-electron chi connectivity index (χ3n) is 3.51. The molecule has 0 aliphatic rings. The summed E-state index contributed by atoms with van der Waals surface area (Å²) in [6, 6.07) is 10.5. The van der Waals surface area contributed by atoms with Gasteiger partial charge in [0.05, 0.1) is 10.4 Å². The minimum Gasteiger partial charge on any atom is -0.319 e. The minimum absolute atomic E-state index is 0.00871. The molecule has 3 heterocycles. The van der Waals surface area contributed by atoms with E-state index in [4.69, 9.17) is 0 Å². The van der Waals surface area contributed by atoms with Crippen LogP contribution in [0.25, 0.3) is 16.9 Å². The molecule has 0 saturated carbocycles. The maximum Gasteiger partial charge on any atom is 0.356 e. The molecule has 0 atom stereocenters. The Balaban J connectivity index is 1.86. The summed E-state index contributed by atoms with van der Waals surface area (Å²) in [7, 11) is 0. The van der Waals surface area contributed by atoms with E-state index in [9.17, 15) is 10.1 Å². The van der Waals surface area contributed by atoms with E-state index in [0.717, 1.165) is 4.47 Å². The lowest BCUT2D eigenvalue weighted by molar-refractivity contribution is -0.384. The molecule has 26 heavy (non-hydrogen) atoms. The van der Waals surface area contributed by atoms with Crippen LogP contribution in [0.15, 0.2) is 53.4 Å². The number of anilines is 2. The molecule has 1 aromatic carbocycles. The van der Waals surface area contributed by atoms with Crippen molar-refractivity contribution in [1.82, 2.24) is 29.9 Å². The van der Waals surface area contributed by atoms with Crippen molar-refractivity contribution in [3.05, 3.63) is 63.5 Å². The molecule has 0 saturated heterocycles. The summed E-state index contributed by atoms with van der Waals surface area (Å²) in [6.07, 6.45) is 2.79. The largest absolute Gasteiger partial charge is 0.356 e. The van der Waals surface area contributed by atoms with Gasteiger partial charge in [-0.15, -0.1) is 5.10 Å². The second-order valence-corrected chi connectivity index (χ2v) is 6.04. The van der Waals surface area contributed by atoms with Gasteiger partial charge in [0.15, 0.2) is 0 Å². The maximum absolute atomic E-state index is 11.7. The van der Waals surface area contributed by atoms with Crippen LogP contribution in [0, 0.1) is 10.1 Å². The lowest BCUT2D eigenvalue weighted by Crippen LogP contribution is -2.09. The molecule has 3 aromatic heterocycles. The van der Waals surface area contributed by atoms with Crippen molar-refractivity contribution < 1.29 is 4.92 Å². The number of rotatable bonds is 4. The first kappa shape index (κ1) is 16.0. The highest BCUT2D eigenvalue weighted by Crippen LogP contribution is 2.30. The van der Waals surface area contributed by atoms with Crippen LogP contribution in [-0.2, 0) is 0 Å². The number of nitrogens with zero attached hydrogens (tertiary/aromatic N) is 7. The lowest BCUT2D eigenvalue weighted by Gasteiger charge is -2.08. The topological polar surface area (TPSA) is 125 Å². The molecule has 0 radical (unpaired) electrons. The van der Waals surface area contributed by atoms with Gasteiger partial charge in [-0.2, -0.15) is 4.68 Å². The SMILES string of the molecule is O=[N+]([O-])c1c(Nc2ccc(Br)cn2)ncnc1-n1nnc2ccccc21. The highest BCUT2D eigenvalue weighted by molar-refractivity contribution is 9.10. The van der Waals surface area contributed by atoms with E-state index in [1.54, 1.807) is 36.5 Å². The van der Waals surface area contributed by atoms with Gasteiger partial charge in [-0.1, -0.05) is 17.3 Å². The third kappa shape index (κ3) is 2.84. The fourth-order valence-electron chi connectivity index (χ4n) is 2.38. The number of hydrogen-bond acceptors (Lipinski definition) is 8. The van der Waals surface area contributed by atoms with Crippen molar-refractivity contribution in [2.45, 2.75) is 0 Å². The summed E-state index contributed by atoms with van der Waals surface area (Å²) in [6.45, 7) is 0. The molecule has 1 N–H and O–H groups in total. The quantitative estimate of drug-likeness (QED) is 0.400. The van der Waals surface area contributed by atoms with Gasteiger partial charge in [0.1, 0.15) is 17.7 Å². The van der Waals surface area contributed by atoms with Crippen molar-refractivity contribution in [3.8, 4) is 5.82 Å². The van der Waals surface area contributed by atoms with Crippen molar-refractivity contribution >= 4 is 44.3 Å². The van der Waals surface area contributed by atoms with Gasteiger partial charge in [0.2, 0.25) is 11.6 Å². The molecule has 0 amide bonds. The summed E-state index contributed by atoms with van der Waals surface area (Å²) in [5.41, 5.74) is 0.874. The maximum atomic E-state index is 11.7. The van der Waals surface area contributed by atoms with E-state index in [2.05, 4.69) is 46.5 Å². The predicted octanol–water partition coefficient (Wildman–Crippen LogP) is 3.02. The van der Waals surface area contributed by atoms with Crippen LogP contribution in [0.2, 0.25) is 0 Å². The lowest BCUT2D eigenvalue weighted by atomic mass is 10.3. The first-order valence-electron chi connectivity index (χ1n) is 7.32. The van der Waals surface area contributed by atoms with Crippen LogP contribution < -0.4 is 5.32 Å². The normalized spacial score (nSPS) is 10.8. The third-order valence-corrected chi connectivity index (χ3v) is 3.98. The van der Waals surface area contributed by atoms with Gasteiger partial charge in [-0.25, -0.2) is 15.0 Å². The van der Waals surface area contributed by atoms with E-state index < -0.39 is 4.92 Å². The Morgan fingerprint density at radius 3 is 2.73 bits per heavy atom. The molecular formula is C15H9BrN8O2. The van der Waals surface area contributed by atoms with Crippen LogP contribution in [0.4, 0.5) is 17.3 Å². The van der Waals surface area contributed by atoms with Crippen LogP contribution in [0.1, 0.15) is 0 Å². The molecule has 4 rings (SSSR count). The van der Waals surface area contributed by atoms with E-state index in [1.165, 1.54) is 11.0 Å². The molecule has 0 bridgehead atoms. The molecule has 10 nitrogen and oxygen atoms in total. The number of aromatic nitrogens is 6. The Labute approximate surface area is 154 Å². The Hall–Kier alpha value is -3.47. The smallest absolute Gasteiger partial charge is 0.319 e. The fourth-order valence-corrected chi connectivity index (χ4v) is 2.62. The highest BCUT2D eigenvalue weighted by Gasteiger charge is 2.26. The standard InChI is InChI=1S/C15H9BrN8O2/c16-9-5-6-12(17-7-9)20-14-13(24(25)26)15(19-8-18-14)23-11-4-2-1-3-10(11)21-22-23/h1-8H,(H,17,18,19,20). The van der Waals surface area contributed by atoms with Crippen LogP contribution >= 0.6 is 15.9 Å². The monoisotopic (exact) mass is 412 g/mol. The Morgan fingerprint density at radius 2 is 1.96 bits per heavy atom. The first-order valence-corrected chi connectivity index (χ1v) is 8.11. The van der Waals surface area contributed by atoms with Gasteiger partial charge in [-0.05, 0) is 40.2 Å². The van der Waals surface area contributed by atoms with Gasteiger partial charge in [0.25, 0.3) is 0 Å². The number of nitro groups is 1. The number of halogens is 1. The Kier molecular flexibility index (Phi) is 3.97. The Bertz CT molecular complexity index is 1110. The van der Waals surface area contributed by atoms with Crippen LogP contribution in [0.3, 0.4) is 0 Å². The average molecular weight is 413 g/mol. The predicted molar refractivity (Wildman–Crippen MR) is 96.3 cm³/mol. The highest BCUT2D eigenvalue weighted by atomic mass is 79.9. The number of nitrogens with one attached hydrogen (secondary N) is 1. The fraction of sp³-hybridized carbons (Fsp3) is 0. The molecule has 0 unspecified atom stereocenters. The second kappa shape index (κ2) is 6.44. The molecule has 4 aromatic rings. The van der Waals surface area contributed by atoms with Crippen LogP contribution in [0.5, 0.6) is 0 Å². The second-order valence-electron chi connectivity index (χ2n) is 5.13. The van der Waals surface area contributed by atoms with Gasteiger partial charge in [0, 0.05) is 10.7 Å². The zero-order valence-corrected chi connectivity index (χ0v) is 14.5. The average Bonchev–Trinajstić information content (AvgIpc) is 3.07. The molecule has 128 valence electrons. The molecule has 11 heteroatoms. The molecule has 0 aliphatic carbocycles. The number of benzene rings is 1. The molecule has 0 fully saturated rings. The summed E-state index contributed by atoms with van der Waals surface area (Å²) >= 11 is 3.29. The van der Waals surface area contributed by atoms with Crippen molar-refractivity contribution in [2.24, 2.45) is 0 Å². The van der Waals surface area contributed by atoms with Crippen molar-refractivity contribution in [3.63, 3.8) is 0 Å². The molecular weight excluding hydrogens is 404 g/mol. The zero-order chi connectivity index (χ0) is 18.1. The van der Waals surface area contributed by atoms with Gasteiger partial charge >= 0.3 is 5.69 Å². The van der Waals surface area contributed by atoms with E-state index >= 15 is 0 Å². The van der Waals surface area contributed by atoms with E-state index in [0.29, 0.717) is 16.9 Å². The summed E-state index contributed by atoms with van der Waals surface area (Å²) in [4.78, 5) is 23.3. The minimum atomic E-state index is -0.563. The number of pyridine rings is 1. The number of hydrogen-bond donors (Lipinski definition) is 1. The van der Waals surface area contributed by atoms with E-state index in [1.807, 2.05) is 6.07 Å². The number of fused-ring (bicyclic) bond motifs is 1.